The fourth-order valence-corrected chi connectivity index (χ4v) is 3.82. The normalized spacial score (nSPS) is 23.9. The second-order valence-corrected chi connectivity index (χ2v) is 7.16. The third-order valence-electron chi connectivity index (χ3n) is 5.43. The smallest absolute Gasteiger partial charge is 0.193 e. The number of hydrogen-bond acceptors (Lipinski definition) is 3. The van der Waals surface area contributed by atoms with Gasteiger partial charge in [-0.3, -0.25) is 4.99 Å². The molecule has 5 heteroatoms. The van der Waals surface area contributed by atoms with Crippen molar-refractivity contribution in [2.24, 2.45) is 16.8 Å². The Morgan fingerprint density at radius 3 is 2.50 bits per heavy atom. The Balaban J connectivity index is 1.74. The van der Waals surface area contributed by atoms with Crippen LogP contribution in [0.15, 0.2) is 4.99 Å². The molecule has 1 atom stereocenters. The quantitative estimate of drug-likeness (QED) is 0.545. The van der Waals surface area contributed by atoms with Crippen LogP contribution in [0, 0.1) is 11.8 Å². The molecule has 0 spiro atoms. The van der Waals surface area contributed by atoms with E-state index < -0.39 is 0 Å². The zero-order chi connectivity index (χ0) is 17.2. The molecule has 5 nitrogen and oxygen atoms in total. The van der Waals surface area contributed by atoms with E-state index in [0.717, 1.165) is 51.3 Å². The minimum Gasteiger partial charge on any atom is -0.381 e. The van der Waals surface area contributed by atoms with E-state index in [-0.39, 0.29) is 0 Å². The highest BCUT2D eigenvalue weighted by Gasteiger charge is 2.25. The van der Waals surface area contributed by atoms with Gasteiger partial charge in [0.25, 0.3) is 0 Å². The summed E-state index contributed by atoms with van der Waals surface area (Å²) in [6.45, 7) is 16.1. The lowest BCUT2D eigenvalue weighted by atomic mass is 9.94. The zero-order valence-corrected chi connectivity index (χ0v) is 16.1. The van der Waals surface area contributed by atoms with Gasteiger partial charge in [-0.05, 0) is 65.1 Å². The molecular weight excluding hydrogens is 300 g/mol. The van der Waals surface area contributed by atoms with Gasteiger partial charge >= 0.3 is 0 Å². The second kappa shape index (κ2) is 10.9. The molecule has 0 aromatic heterocycles. The monoisotopic (exact) mass is 338 g/mol. The van der Waals surface area contributed by atoms with Crippen LogP contribution >= 0.6 is 0 Å². The number of hydrogen-bond donors (Lipinski definition) is 1. The maximum atomic E-state index is 5.59. The Hall–Kier alpha value is -0.810. The average Bonchev–Trinajstić information content (AvgIpc) is 3.08. The first-order chi connectivity index (χ1) is 11.8. The topological polar surface area (TPSA) is 40.1 Å². The summed E-state index contributed by atoms with van der Waals surface area (Å²) < 4.78 is 5.59. The molecule has 0 bridgehead atoms. The summed E-state index contributed by atoms with van der Waals surface area (Å²) in [6, 6.07) is 0. The molecule has 2 aliphatic rings. The van der Waals surface area contributed by atoms with Crippen LogP contribution in [0.2, 0.25) is 0 Å². The Kier molecular flexibility index (Phi) is 8.89. The molecule has 0 aromatic rings. The Morgan fingerprint density at radius 2 is 1.83 bits per heavy atom. The van der Waals surface area contributed by atoms with Gasteiger partial charge in [-0.2, -0.15) is 0 Å². The molecule has 2 heterocycles. The van der Waals surface area contributed by atoms with Crippen molar-refractivity contribution < 1.29 is 4.74 Å². The third-order valence-corrected chi connectivity index (χ3v) is 5.43. The van der Waals surface area contributed by atoms with Crippen LogP contribution in [0.4, 0.5) is 0 Å². The number of piperidine rings is 1. The van der Waals surface area contributed by atoms with Gasteiger partial charge in [-0.15, -0.1) is 0 Å². The maximum Gasteiger partial charge on any atom is 0.193 e. The van der Waals surface area contributed by atoms with Gasteiger partial charge in [0.15, 0.2) is 5.96 Å². The third kappa shape index (κ3) is 6.25. The van der Waals surface area contributed by atoms with E-state index in [1.807, 2.05) is 0 Å². The van der Waals surface area contributed by atoms with Crippen molar-refractivity contribution in [3.05, 3.63) is 0 Å². The minimum absolute atomic E-state index is 0.659. The molecule has 0 aliphatic carbocycles. The van der Waals surface area contributed by atoms with Crippen LogP contribution in [0.5, 0.6) is 0 Å². The zero-order valence-electron chi connectivity index (χ0n) is 16.1. The molecular formula is C19H38N4O. The first kappa shape index (κ1) is 19.5. The number of likely N-dealkylation sites (tertiary alicyclic amines) is 2. The molecule has 1 N–H and O–H groups in total. The van der Waals surface area contributed by atoms with Gasteiger partial charge < -0.3 is 19.9 Å². The number of nitrogens with one attached hydrogen (secondary N) is 1. The SMILES string of the molecule is CCNC(=NCCC1CCN(CC)CC1)N1CCC(COCC)C1. The molecule has 2 saturated heterocycles. The molecule has 1 unspecified atom stereocenters. The Bertz CT molecular complexity index is 366. The van der Waals surface area contributed by atoms with Crippen molar-refractivity contribution in [2.75, 3.05) is 59.0 Å². The van der Waals surface area contributed by atoms with E-state index in [9.17, 15) is 0 Å². The van der Waals surface area contributed by atoms with Crippen LogP contribution < -0.4 is 5.32 Å². The highest BCUT2D eigenvalue weighted by molar-refractivity contribution is 5.80. The van der Waals surface area contributed by atoms with Gasteiger partial charge in [-0.25, -0.2) is 0 Å². The largest absolute Gasteiger partial charge is 0.381 e. The van der Waals surface area contributed by atoms with Crippen LogP contribution in [-0.2, 0) is 4.74 Å². The fraction of sp³-hybridized carbons (Fsp3) is 0.947. The molecule has 140 valence electrons. The molecule has 0 radical (unpaired) electrons. The van der Waals surface area contributed by atoms with Crippen LogP contribution in [0.3, 0.4) is 0 Å². The average molecular weight is 339 g/mol. The lowest BCUT2D eigenvalue weighted by Gasteiger charge is -2.30. The Labute approximate surface area is 148 Å². The van der Waals surface area contributed by atoms with Crippen LogP contribution in [0.25, 0.3) is 0 Å². The molecule has 2 aliphatic heterocycles. The molecule has 24 heavy (non-hydrogen) atoms. The van der Waals surface area contributed by atoms with Crippen molar-refractivity contribution in [2.45, 2.75) is 46.5 Å². The summed E-state index contributed by atoms with van der Waals surface area (Å²) in [5.41, 5.74) is 0. The van der Waals surface area contributed by atoms with Crippen molar-refractivity contribution >= 4 is 5.96 Å². The molecule has 2 rings (SSSR count). The lowest BCUT2D eigenvalue weighted by molar-refractivity contribution is 0.114. The predicted octanol–water partition coefficient (Wildman–Crippen LogP) is 2.43. The summed E-state index contributed by atoms with van der Waals surface area (Å²) >= 11 is 0. The molecule has 0 aromatic carbocycles. The number of ether oxygens (including phenoxy) is 1. The van der Waals surface area contributed by atoms with Gasteiger partial charge in [0.1, 0.15) is 0 Å². The van der Waals surface area contributed by atoms with Crippen molar-refractivity contribution in [3.63, 3.8) is 0 Å². The molecule has 0 amide bonds. The standard InChI is InChI=1S/C19H38N4O/c1-4-20-19(23-14-10-18(15-23)16-24-6-3)21-11-7-17-8-12-22(5-2)13-9-17/h17-18H,4-16H2,1-3H3,(H,20,21). The number of nitrogens with zero attached hydrogens (tertiary/aromatic N) is 3. The summed E-state index contributed by atoms with van der Waals surface area (Å²) in [4.78, 5) is 9.91. The second-order valence-electron chi connectivity index (χ2n) is 7.16. The van der Waals surface area contributed by atoms with Crippen molar-refractivity contribution in [1.29, 1.82) is 0 Å². The van der Waals surface area contributed by atoms with E-state index in [1.54, 1.807) is 0 Å². The lowest BCUT2D eigenvalue weighted by Crippen LogP contribution is -2.40. The summed E-state index contributed by atoms with van der Waals surface area (Å²) in [6.07, 6.45) is 5.16. The molecule has 2 fully saturated rings. The Morgan fingerprint density at radius 1 is 1.08 bits per heavy atom. The van der Waals surface area contributed by atoms with Crippen molar-refractivity contribution in [3.8, 4) is 0 Å². The van der Waals surface area contributed by atoms with E-state index >= 15 is 0 Å². The number of aliphatic imine (C=N–C) groups is 1. The van der Waals surface area contributed by atoms with Gasteiger partial charge in [0, 0.05) is 38.7 Å². The van der Waals surface area contributed by atoms with Gasteiger partial charge in [0.05, 0.1) is 6.61 Å². The predicted molar refractivity (Wildman–Crippen MR) is 102 cm³/mol. The van der Waals surface area contributed by atoms with E-state index in [0.29, 0.717) is 5.92 Å². The fourth-order valence-electron chi connectivity index (χ4n) is 3.82. The van der Waals surface area contributed by atoms with Crippen molar-refractivity contribution in [1.82, 2.24) is 15.1 Å². The number of rotatable bonds is 8. The summed E-state index contributed by atoms with van der Waals surface area (Å²) in [5, 5.41) is 3.48. The maximum absolute atomic E-state index is 5.59. The molecule has 0 saturated carbocycles. The van der Waals surface area contributed by atoms with E-state index in [4.69, 9.17) is 9.73 Å². The van der Waals surface area contributed by atoms with Gasteiger partial charge in [-0.1, -0.05) is 6.92 Å². The summed E-state index contributed by atoms with van der Waals surface area (Å²) in [7, 11) is 0. The van der Waals surface area contributed by atoms with Gasteiger partial charge in [0.2, 0.25) is 0 Å². The first-order valence-electron chi connectivity index (χ1n) is 10.1. The first-order valence-corrected chi connectivity index (χ1v) is 10.1. The minimum atomic E-state index is 0.659. The van der Waals surface area contributed by atoms with Crippen LogP contribution in [-0.4, -0.2) is 74.8 Å². The number of guanidine groups is 1. The van der Waals surface area contributed by atoms with E-state index in [1.165, 1.54) is 45.3 Å². The summed E-state index contributed by atoms with van der Waals surface area (Å²) in [5.74, 6) is 2.64. The van der Waals surface area contributed by atoms with Crippen LogP contribution in [0.1, 0.15) is 46.5 Å². The van der Waals surface area contributed by atoms with E-state index in [2.05, 4.69) is 35.9 Å². The highest BCUT2D eigenvalue weighted by atomic mass is 16.5. The highest BCUT2D eigenvalue weighted by Crippen LogP contribution is 2.21.